The Kier molecular flexibility index (Phi) is 5.66. The molecule has 1 aliphatic carbocycles. The van der Waals surface area contributed by atoms with Gasteiger partial charge < -0.3 is 5.32 Å². The Labute approximate surface area is 126 Å². The molecule has 1 saturated carbocycles. The second-order valence-corrected chi connectivity index (χ2v) is 5.78. The number of nitrogens with one attached hydrogen (secondary N) is 1. The van der Waals surface area contributed by atoms with Gasteiger partial charge in [0.2, 0.25) is 0 Å². The zero-order valence-corrected chi connectivity index (χ0v) is 12.7. The van der Waals surface area contributed by atoms with E-state index in [2.05, 4.69) is 5.32 Å². The molecule has 2 nitrogen and oxygen atoms in total. The molecule has 0 atom stereocenters. The highest BCUT2D eigenvalue weighted by molar-refractivity contribution is 6.30. The molecule has 0 aliphatic heterocycles. The van der Waals surface area contributed by atoms with Crippen molar-refractivity contribution in [3.8, 4) is 0 Å². The van der Waals surface area contributed by atoms with Crippen molar-refractivity contribution in [2.24, 2.45) is 0 Å². The number of hydrogen-bond acceptors (Lipinski definition) is 1. The third-order valence-electron chi connectivity index (χ3n) is 3.75. The minimum absolute atomic E-state index is 0.0427. The van der Waals surface area contributed by atoms with E-state index < -0.39 is 0 Å². The molecule has 0 radical (unpaired) electrons. The predicted molar refractivity (Wildman–Crippen MR) is 84.7 cm³/mol. The third-order valence-corrected chi connectivity index (χ3v) is 4.00. The first kappa shape index (κ1) is 15.1. The number of carbonyl (C=O) groups excluding carboxylic acids is 1. The van der Waals surface area contributed by atoms with E-state index in [-0.39, 0.29) is 5.91 Å². The largest absolute Gasteiger partial charge is 0.349 e. The monoisotopic (exact) mass is 291 g/mol. The number of allylic oxidation sites excluding steroid dienone is 1. The Morgan fingerprint density at radius 1 is 1.25 bits per heavy atom. The minimum atomic E-state index is 0.0427. The van der Waals surface area contributed by atoms with Crippen molar-refractivity contribution in [1.29, 1.82) is 0 Å². The summed E-state index contributed by atoms with van der Waals surface area (Å²) in [5.74, 6) is 0.0427. The van der Waals surface area contributed by atoms with Crippen molar-refractivity contribution in [1.82, 2.24) is 5.32 Å². The van der Waals surface area contributed by atoms with E-state index in [0.717, 1.165) is 30.4 Å². The van der Waals surface area contributed by atoms with Crippen LogP contribution in [0.4, 0.5) is 0 Å². The summed E-state index contributed by atoms with van der Waals surface area (Å²) < 4.78 is 0. The van der Waals surface area contributed by atoms with Gasteiger partial charge in [-0.15, -0.1) is 0 Å². The first-order valence-electron chi connectivity index (χ1n) is 7.47. The number of halogens is 1. The zero-order valence-electron chi connectivity index (χ0n) is 12.0. The Morgan fingerprint density at radius 3 is 2.50 bits per heavy atom. The Balaban J connectivity index is 2.09. The van der Waals surface area contributed by atoms with Gasteiger partial charge in [-0.2, -0.15) is 0 Å². The second kappa shape index (κ2) is 7.49. The van der Waals surface area contributed by atoms with E-state index in [1.165, 1.54) is 19.3 Å². The number of amides is 1. The first-order valence-corrected chi connectivity index (χ1v) is 7.85. The topological polar surface area (TPSA) is 29.1 Å². The molecular formula is C17H22ClNO. The summed E-state index contributed by atoms with van der Waals surface area (Å²) in [6.45, 7) is 2.05. The predicted octanol–water partition coefficient (Wildman–Crippen LogP) is 4.58. The van der Waals surface area contributed by atoms with Crippen LogP contribution in [0.1, 0.15) is 51.0 Å². The van der Waals surface area contributed by atoms with Crippen LogP contribution in [-0.2, 0) is 4.79 Å². The van der Waals surface area contributed by atoms with Gasteiger partial charge in [-0.1, -0.05) is 56.0 Å². The molecule has 1 fully saturated rings. The number of hydrogen-bond donors (Lipinski definition) is 1. The van der Waals surface area contributed by atoms with Crippen LogP contribution in [0.3, 0.4) is 0 Å². The second-order valence-electron chi connectivity index (χ2n) is 5.34. The molecule has 3 heteroatoms. The Hall–Kier alpha value is -1.28. The lowest BCUT2D eigenvalue weighted by molar-refractivity contribution is -0.116. The fraction of sp³-hybridized carbons (Fsp3) is 0.471. The van der Waals surface area contributed by atoms with Gasteiger partial charge in [0.05, 0.1) is 0 Å². The molecule has 1 aromatic rings. The molecule has 0 saturated heterocycles. The smallest absolute Gasteiger partial charge is 0.251 e. The van der Waals surface area contributed by atoms with Crippen LogP contribution in [0, 0.1) is 0 Å². The molecule has 20 heavy (non-hydrogen) atoms. The standard InChI is InChI=1S/C17H22ClNO/c1-2-6-16(13-9-11-14(18)12-10-13)17(20)19-15-7-4-3-5-8-15/h6,9-12,15H,2-5,7-8H2,1H3,(H,19,20). The van der Waals surface area contributed by atoms with Crippen molar-refractivity contribution >= 4 is 23.1 Å². The van der Waals surface area contributed by atoms with Crippen LogP contribution >= 0.6 is 11.6 Å². The lowest BCUT2D eigenvalue weighted by Gasteiger charge is -2.23. The molecule has 0 bridgehead atoms. The average Bonchev–Trinajstić information content (AvgIpc) is 2.47. The SMILES string of the molecule is CCC=C(C(=O)NC1CCCCC1)c1ccc(Cl)cc1. The summed E-state index contributed by atoms with van der Waals surface area (Å²) in [6.07, 6.45) is 8.77. The van der Waals surface area contributed by atoms with Crippen molar-refractivity contribution in [2.45, 2.75) is 51.5 Å². The van der Waals surface area contributed by atoms with Gasteiger partial charge >= 0.3 is 0 Å². The van der Waals surface area contributed by atoms with E-state index in [1.807, 2.05) is 37.3 Å². The molecule has 1 N–H and O–H groups in total. The highest BCUT2D eigenvalue weighted by atomic mass is 35.5. The van der Waals surface area contributed by atoms with Gasteiger partial charge in [-0.25, -0.2) is 0 Å². The molecule has 0 heterocycles. The Morgan fingerprint density at radius 2 is 1.90 bits per heavy atom. The van der Waals surface area contributed by atoms with Gasteiger partial charge in [0, 0.05) is 16.6 Å². The number of benzene rings is 1. The van der Waals surface area contributed by atoms with Crippen molar-refractivity contribution in [3.63, 3.8) is 0 Å². The van der Waals surface area contributed by atoms with E-state index in [9.17, 15) is 4.79 Å². The minimum Gasteiger partial charge on any atom is -0.349 e. The molecule has 1 aromatic carbocycles. The van der Waals surface area contributed by atoms with E-state index >= 15 is 0 Å². The van der Waals surface area contributed by atoms with Crippen LogP contribution in [0.25, 0.3) is 5.57 Å². The zero-order chi connectivity index (χ0) is 14.4. The van der Waals surface area contributed by atoms with E-state index in [4.69, 9.17) is 11.6 Å². The van der Waals surface area contributed by atoms with Gasteiger partial charge in [0.25, 0.3) is 5.91 Å². The maximum atomic E-state index is 12.5. The summed E-state index contributed by atoms with van der Waals surface area (Å²) >= 11 is 5.91. The molecule has 108 valence electrons. The molecule has 1 amide bonds. The van der Waals surface area contributed by atoms with E-state index in [0.29, 0.717) is 11.1 Å². The van der Waals surface area contributed by atoms with Crippen LogP contribution in [0.2, 0.25) is 5.02 Å². The van der Waals surface area contributed by atoms with Crippen molar-refractivity contribution < 1.29 is 4.79 Å². The lowest BCUT2D eigenvalue weighted by atomic mass is 9.94. The van der Waals surface area contributed by atoms with E-state index in [1.54, 1.807) is 0 Å². The normalized spacial score (nSPS) is 17.0. The summed E-state index contributed by atoms with van der Waals surface area (Å²) in [6, 6.07) is 7.81. The highest BCUT2D eigenvalue weighted by Gasteiger charge is 2.18. The third kappa shape index (κ3) is 4.11. The van der Waals surface area contributed by atoms with Crippen molar-refractivity contribution in [2.75, 3.05) is 0 Å². The molecule has 0 unspecified atom stereocenters. The Bertz CT molecular complexity index is 472. The molecular weight excluding hydrogens is 270 g/mol. The quantitative estimate of drug-likeness (QED) is 0.808. The van der Waals surface area contributed by atoms with Gasteiger partial charge in [-0.05, 0) is 37.0 Å². The fourth-order valence-electron chi connectivity index (χ4n) is 2.69. The van der Waals surface area contributed by atoms with Gasteiger partial charge in [-0.3, -0.25) is 4.79 Å². The summed E-state index contributed by atoms with van der Waals surface area (Å²) in [7, 11) is 0. The van der Waals surface area contributed by atoms with Gasteiger partial charge in [0.15, 0.2) is 0 Å². The first-order chi connectivity index (χ1) is 9.70. The number of carbonyl (C=O) groups is 1. The summed E-state index contributed by atoms with van der Waals surface area (Å²) in [5.41, 5.74) is 1.69. The molecule has 0 aromatic heterocycles. The maximum Gasteiger partial charge on any atom is 0.251 e. The van der Waals surface area contributed by atoms with Crippen LogP contribution in [0.15, 0.2) is 30.3 Å². The highest BCUT2D eigenvalue weighted by Crippen LogP contribution is 2.21. The van der Waals surface area contributed by atoms with Crippen LogP contribution in [0.5, 0.6) is 0 Å². The lowest BCUT2D eigenvalue weighted by Crippen LogP contribution is -2.36. The van der Waals surface area contributed by atoms with Crippen molar-refractivity contribution in [3.05, 3.63) is 40.9 Å². The summed E-state index contributed by atoms with van der Waals surface area (Å²) in [5, 5.41) is 3.87. The van der Waals surface area contributed by atoms with Gasteiger partial charge in [0.1, 0.15) is 0 Å². The maximum absolute atomic E-state index is 12.5. The number of rotatable bonds is 4. The molecule has 0 spiro atoms. The molecule has 1 aliphatic rings. The fourth-order valence-corrected chi connectivity index (χ4v) is 2.81. The summed E-state index contributed by atoms with van der Waals surface area (Å²) in [4.78, 5) is 12.5. The molecule has 2 rings (SSSR count). The van der Waals surface area contributed by atoms with Crippen LogP contribution < -0.4 is 5.32 Å². The van der Waals surface area contributed by atoms with Crippen LogP contribution in [-0.4, -0.2) is 11.9 Å². The average molecular weight is 292 g/mol.